The molecule has 1 aromatic carbocycles. The van der Waals surface area contributed by atoms with E-state index in [4.69, 9.17) is 0 Å². The number of benzene rings is 1. The molecule has 0 spiro atoms. The number of aromatic nitrogens is 4. The third-order valence-electron chi connectivity index (χ3n) is 3.34. The topological polar surface area (TPSA) is 66.8 Å². The lowest BCUT2D eigenvalue weighted by Crippen LogP contribution is -2.27. The van der Waals surface area contributed by atoms with Crippen LogP contribution in [0.5, 0.6) is 0 Å². The summed E-state index contributed by atoms with van der Waals surface area (Å²) in [5.41, 5.74) is 1.50. The van der Waals surface area contributed by atoms with Crippen LogP contribution in [0, 0.1) is 0 Å². The second-order valence-corrected chi connectivity index (χ2v) is 4.79. The summed E-state index contributed by atoms with van der Waals surface area (Å²) in [4.78, 5) is 18.3. The van der Waals surface area contributed by atoms with E-state index in [0.29, 0.717) is 12.1 Å². The average Bonchev–Trinajstić information content (AvgIpc) is 3.06. The van der Waals surface area contributed by atoms with E-state index in [1.54, 1.807) is 24.3 Å². The fourth-order valence-corrected chi connectivity index (χ4v) is 2.12. The minimum absolute atomic E-state index is 0.0375. The molecule has 2 aromatic heterocycles. The molecule has 0 saturated carbocycles. The molecule has 1 N–H and O–H groups in total. The molecule has 0 aliphatic carbocycles. The van der Waals surface area contributed by atoms with E-state index in [2.05, 4.69) is 15.2 Å². The molecule has 0 aliphatic rings. The van der Waals surface area contributed by atoms with Gasteiger partial charge in [0.2, 0.25) is 0 Å². The Balaban J connectivity index is 1.82. The summed E-state index contributed by atoms with van der Waals surface area (Å²) in [7, 11) is 3.69. The molecular formula is C14H15N5O. The second-order valence-electron chi connectivity index (χ2n) is 4.79. The zero-order chi connectivity index (χ0) is 14.1. The number of aryl methyl sites for hydroxylation is 1. The summed E-state index contributed by atoms with van der Waals surface area (Å²) in [6, 6.07) is 5.52. The molecular weight excluding hydrogens is 254 g/mol. The number of H-pyrrole nitrogens is 1. The maximum atomic E-state index is 12.4. The summed E-state index contributed by atoms with van der Waals surface area (Å²) in [6.07, 6.45) is 5.33. The lowest BCUT2D eigenvalue weighted by molar-refractivity contribution is 0.0780. The molecule has 0 unspecified atom stereocenters. The van der Waals surface area contributed by atoms with Crippen LogP contribution in [-0.2, 0) is 13.6 Å². The van der Waals surface area contributed by atoms with E-state index in [0.717, 1.165) is 16.7 Å². The molecule has 0 atom stereocenters. The minimum atomic E-state index is -0.0375. The van der Waals surface area contributed by atoms with Crippen molar-refractivity contribution >= 4 is 16.8 Å². The quantitative estimate of drug-likeness (QED) is 0.784. The molecule has 20 heavy (non-hydrogen) atoms. The van der Waals surface area contributed by atoms with Crippen molar-refractivity contribution in [2.24, 2.45) is 7.05 Å². The SMILES string of the molecule is CN(Cc1nccn1C)C(=O)c1ccc2cn[nH]c2c1. The van der Waals surface area contributed by atoms with Gasteiger partial charge in [0, 0.05) is 37.4 Å². The monoisotopic (exact) mass is 269 g/mol. The van der Waals surface area contributed by atoms with Crippen LogP contribution in [0.2, 0.25) is 0 Å². The third kappa shape index (κ3) is 2.16. The van der Waals surface area contributed by atoms with Crippen LogP contribution in [0.15, 0.2) is 36.8 Å². The van der Waals surface area contributed by atoms with Crippen LogP contribution >= 0.6 is 0 Å². The van der Waals surface area contributed by atoms with E-state index >= 15 is 0 Å². The number of nitrogens with zero attached hydrogens (tertiary/aromatic N) is 4. The van der Waals surface area contributed by atoms with Gasteiger partial charge in [0.1, 0.15) is 5.82 Å². The van der Waals surface area contributed by atoms with E-state index < -0.39 is 0 Å². The Kier molecular flexibility index (Phi) is 2.98. The number of nitrogens with one attached hydrogen (secondary N) is 1. The maximum Gasteiger partial charge on any atom is 0.254 e. The zero-order valence-electron chi connectivity index (χ0n) is 11.4. The first-order chi connectivity index (χ1) is 9.65. The summed E-state index contributed by atoms with van der Waals surface area (Å²) in [6.45, 7) is 0.476. The number of carbonyl (C=O) groups is 1. The summed E-state index contributed by atoms with van der Waals surface area (Å²) < 4.78 is 1.90. The van der Waals surface area contributed by atoms with Crippen molar-refractivity contribution in [3.05, 3.63) is 48.2 Å². The molecule has 3 rings (SSSR count). The summed E-state index contributed by atoms with van der Waals surface area (Å²) in [5, 5.41) is 7.82. The van der Waals surface area contributed by atoms with Crippen LogP contribution in [0.25, 0.3) is 10.9 Å². The first-order valence-corrected chi connectivity index (χ1v) is 6.30. The molecule has 6 nitrogen and oxygen atoms in total. The van der Waals surface area contributed by atoms with Crippen LogP contribution in [0.3, 0.4) is 0 Å². The van der Waals surface area contributed by atoms with Gasteiger partial charge in [0.05, 0.1) is 18.3 Å². The van der Waals surface area contributed by atoms with Gasteiger partial charge in [0.15, 0.2) is 0 Å². The van der Waals surface area contributed by atoms with Crippen molar-refractivity contribution in [3.8, 4) is 0 Å². The predicted molar refractivity (Wildman–Crippen MR) is 75.1 cm³/mol. The van der Waals surface area contributed by atoms with E-state index in [1.807, 2.05) is 36.0 Å². The Morgan fingerprint density at radius 1 is 1.45 bits per heavy atom. The first-order valence-electron chi connectivity index (χ1n) is 6.30. The lowest BCUT2D eigenvalue weighted by atomic mass is 10.1. The maximum absolute atomic E-state index is 12.4. The molecule has 0 bridgehead atoms. The number of rotatable bonds is 3. The molecule has 0 radical (unpaired) electrons. The van der Waals surface area contributed by atoms with Crippen molar-refractivity contribution < 1.29 is 4.79 Å². The summed E-state index contributed by atoms with van der Waals surface area (Å²) in [5.74, 6) is 0.813. The molecule has 1 amide bonds. The zero-order valence-corrected chi connectivity index (χ0v) is 11.4. The fraction of sp³-hybridized carbons (Fsp3) is 0.214. The Labute approximate surface area is 116 Å². The van der Waals surface area contributed by atoms with Gasteiger partial charge in [0.25, 0.3) is 5.91 Å². The van der Waals surface area contributed by atoms with Crippen LogP contribution in [-0.4, -0.2) is 37.6 Å². The number of imidazole rings is 1. The van der Waals surface area contributed by atoms with Crippen LogP contribution < -0.4 is 0 Å². The molecule has 102 valence electrons. The largest absolute Gasteiger partial charge is 0.337 e. The normalized spacial score (nSPS) is 10.9. The Hall–Kier alpha value is -2.63. The van der Waals surface area contributed by atoms with Crippen molar-refractivity contribution in [1.82, 2.24) is 24.6 Å². The number of fused-ring (bicyclic) bond motifs is 1. The first kappa shape index (κ1) is 12.4. The van der Waals surface area contributed by atoms with Gasteiger partial charge in [-0.05, 0) is 12.1 Å². The molecule has 0 aliphatic heterocycles. The number of amides is 1. The predicted octanol–water partition coefficient (Wildman–Crippen LogP) is 1.57. The van der Waals surface area contributed by atoms with E-state index in [9.17, 15) is 4.79 Å². The van der Waals surface area contributed by atoms with Crippen molar-refractivity contribution in [3.63, 3.8) is 0 Å². The highest BCUT2D eigenvalue weighted by Gasteiger charge is 2.14. The van der Waals surface area contributed by atoms with Crippen molar-refractivity contribution in [2.45, 2.75) is 6.54 Å². The molecule has 6 heteroatoms. The van der Waals surface area contributed by atoms with Crippen molar-refractivity contribution in [2.75, 3.05) is 7.05 Å². The highest BCUT2D eigenvalue weighted by molar-refractivity contribution is 5.97. The molecule has 2 heterocycles. The highest BCUT2D eigenvalue weighted by atomic mass is 16.2. The van der Waals surface area contributed by atoms with E-state index in [1.165, 1.54) is 0 Å². The molecule has 0 saturated heterocycles. The minimum Gasteiger partial charge on any atom is -0.337 e. The van der Waals surface area contributed by atoms with Gasteiger partial charge in [-0.25, -0.2) is 4.98 Å². The number of hydrogen-bond donors (Lipinski definition) is 1. The van der Waals surface area contributed by atoms with Gasteiger partial charge >= 0.3 is 0 Å². The Morgan fingerprint density at radius 3 is 3.05 bits per heavy atom. The van der Waals surface area contributed by atoms with Crippen molar-refractivity contribution in [1.29, 1.82) is 0 Å². The van der Waals surface area contributed by atoms with Gasteiger partial charge in [-0.3, -0.25) is 9.89 Å². The number of carbonyl (C=O) groups excluding carboxylic acids is 1. The standard InChI is InChI=1S/C14H15N5O/c1-18-6-5-15-13(18)9-19(2)14(20)10-3-4-11-8-16-17-12(11)7-10/h3-8H,9H2,1-2H3,(H,16,17). The van der Waals surface area contributed by atoms with Gasteiger partial charge in [-0.2, -0.15) is 5.10 Å². The number of aromatic amines is 1. The van der Waals surface area contributed by atoms with Gasteiger partial charge in [-0.1, -0.05) is 6.07 Å². The fourth-order valence-electron chi connectivity index (χ4n) is 2.12. The van der Waals surface area contributed by atoms with Gasteiger partial charge in [-0.15, -0.1) is 0 Å². The summed E-state index contributed by atoms with van der Waals surface area (Å²) >= 11 is 0. The van der Waals surface area contributed by atoms with Crippen LogP contribution in [0.1, 0.15) is 16.2 Å². The Bertz CT molecular complexity index is 758. The smallest absolute Gasteiger partial charge is 0.254 e. The Morgan fingerprint density at radius 2 is 2.30 bits per heavy atom. The van der Waals surface area contributed by atoms with Gasteiger partial charge < -0.3 is 9.47 Å². The van der Waals surface area contributed by atoms with Crippen LogP contribution in [0.4, 0.5) is 0 Å². The third-order valence-corrected chi connectivity index (χ3v) is 3.34. The van der Waals surface area contributed by atoms with E-state index in [-0.39, 0.29) is 5.91 Å². The number of hydrogen-bond acceptors (Lipinski definition) is 3. The second kappa shape index (κ2) is 4.80. The lowest BCUT2D eigenvalue weighted by Gasteiger charge is -2.17. The highest BCUT2D eigenvalue weighted by Crippen LogP contribution is 2.14. The molecule has 0 fully saturated rings. The molecule has 3 aromatic rings. The average molecular weight is 269 g/mol.